The van der Waals surface area contributed by atoms with Crippen molar-refractivity contribution >= 4 is 45.9 Å². The van der Waals surface area contributed by atoms with Crippen molar-refractivity contribution in [2.75, 3.05) is 40.0 Å². The van der Waals surface area contributed by atoms with Gasteiger partial charge in [-0.2, -0.15) is 4.31 Å². The molecule has 1 fully saturated rings. The lowest BCUT2D eigenvalue weighted by atomic mass is 10.2. The molecule has 0 aromatic rings. The van der Waals surface area contributed by atoms with E-state index >= 15 is 0 Å². The minimum absolute atomic E-state index is 0. The molecule has 1 amide bonds. The van der Waals surface area contributed by atoms with Crippen LogP contribution >= 0.6 is 24.0 Å². The van der Waals surface area contributed by atoms with Crippen molar-refractivity contribution < 1.29 is 13.2 Å². The Balaban J connectivity index is 0.00000529. The molecule has 1 aliphatic rings. The minimum atomic E-state index is -3.19. The van der Waals surface area contributed by atoms with Crippen LogP contribution in [0.2, 0.25) is 0 Å². The summed E-state index contributed by atoms with van der Waals surface area (Å²) in [6, 6.07) is 0.0824. The van der Waals surface area contributed by atoms with Crippen molar-refractivity contribution in [3.8, 4) is 0 Å². The van der Waals surface area contributed by atoms with Crippen LogP contribution in [0.1, 0.15) is 26.7 Å². The van der Waals surface area contributed by atoms with Crippen molar-refractivity contribution in [1.82, 2.24) is 19.8 Å². The van der Waals surface area contributed by atoms with E-state index in [9.17, 15) is 13.2 Å². The number of hydrogen-bond acceptors (Lipinski definition) is 4. The number of carbonyl (C=O) groups is 1. The standard InChI is InChI=1S/C14H29N5O3S.HI/c1-11(2)17-14(16-10-13(20)18(3)4)15-9-12-7-6-8-19(12)23(5,21)22;/h11-12H,6-10H2,1-5H3,(H2,15,16,17);1H/t12-;/m1./s1. The molecule has 0 saturated carbocycles. The van der Waals surface area contributed by atoms with Gasteiger partial charge in [0.15, 0.2) is 5.96 Å². The quantitative estimate of drug-likeness (QED) is 0.322. The molecular formula is C14H30IN5O3S. The highest BCUT2D eigenvalue weighted by Crippen LogP contribution is 2.19. The highest BCUT2D eigenvalue weighted by molar-refractivity contribution is 14.0. The van der Waals surface area contributed by atoms with Crippen LogP contribution in [-0.2, 0) is 14.8 Å². The van der Waals surface area contributed by atoms with Gasteiger partial charge in [-0.15, -0.1) is 24.0 Å². The van der Waals surface area contributed by atoms with E-state index in [0.29, 0.717) is 19.0 Å². The fraction of sp³-hybridized carbons (Fsp3) is 0.857. The molecule has 142 valence electrons. The number of nitrogens with zero attached hydrogens (tertiary/aromatic N) is 3. The number of halogens is 1. The van der Waals surface area contributed by atoms with Gasteiger partial charge in [-0.05, 0) is 26.7 Å². The molecule has 1 heterocycles. The van der Waals surface area contributed by atoms with E-state index in [1.54, 1.807) is 14.1 Å². The molecule has 2 N–H and O–H groups in total. The largest absolute Gasteiger partial charge is 0.355 e. The highest BCUT2D eigenvalue weighted by atomic mass is 127. The fourth-order valence-electron chi connectivity index (χ4n) is 2.38. The van der Waals surface area contributed by atoms with Crippen LogP contribution in [0.5, 0.6) is 0 Å². The van der Waals surface area contributed by atoms with Crippen LogP contribution in [0.25, 0.3) is 0 Å². The van der Waals surface area contributed by atoms with Crippen LogP contribution in [-0.4, -0.2) is 81.6 Å². The summed E-state index contributed by atoms with van der Waals surface area (Å²) in [6.45, 7) is 5.04. The summed E-state index contributed by atoms with van der Waals surface area (Å²) in [7, 11) is 0.180. The van der Waals surface area contributed by atoms with Gasteiger partial charge in [-0.1, -0.05) is 0 Å². The van der Waals surface area contributed by atoms with E-state index < -0.39 is 10.0 Å². The third kappa shape index (κ3) is 7.97. The number of amides is 1. The zero-order chi connectivity index (χ0) is 17.6. The first kappa shape index (κ1) is 23.4. The van der Waals surface area contributed by atoms with Crippen LogP contribution in [0, 0.1) is 0 Å². The smallest absolute Gasteiger partial charge is 0.243 e. The van der Waals surface area contributed by atoms with Gasteiger partial charge in [0.05, 0.1) is 6.26 Å². The van der Waals surface area contributed by atoms with Crippen LogP contribution in [0.15, 0.2) is 4.99 Å². The lowest BCUT2D eigenvalue weighted by molar-refractivity contribution is -0.127. The zero-order valence-electron chi connectivity index (χ0n) is 15.1. The molecule has 1 aliphatic heterocycles. The Hall–Kier alpha value is -0.620. The van der Waals surface area contributed by atoms with E-state index in [-0.39, 0.29) is 48.5 Å². The summed E-state index contributed by atoms with van der Waals surface area (Å²) in [4.78, 5) is 17.4. The summed E-state index contributed by atoms with van der Waals surface area (Å²) < 4.78 is 25.0. The predicted molar refractivity (Wildman–Crippen MR) is 107 cm³/mol. The van der Waals surface area contributed by atoms with E-state index in [1.165, 1.54) is 15.5 Å². The molecule has 0 spiro atoms. The summed E-state index contributed by atoms with van der Waals surface area (Å²) in [6.07, 6.45) is 2.93. The predicted octanol–water partition coefficient (Wildman–Crippen LogP) is 0.0602. The van der Waals surface area contributed by atoms with Gasteiger partial charge in [0.25, 0.3) is 0 Å². The van der Waals surface area contributed by atoms with E-state index in [2.05, 4.69) is 15.6 Å². The molecule has 1 rings (SSSR count). The number of rotatable bonds is 6. The van der Waals surface area contributed by atoms with E-state index in [1.807, 2.05) is 13.8 Å². The molecule has 0 aliphatic carbocycles. The molecule has 0 aromatic carbocycles. The average molecular weight is 475 g/mol. The number of guanidine groups is 1. The van der Waals surface area contributed by atoms with Crippen molar-refractivity contribution in [3.63, 3.8) is 0 Å². The average Bonchev–Trinajstić information content (AvgIpc) is 2.89. The van der Waals surface area contributed by atoms with Gasteiger partial charge >= 0.3 is 0 Å². The fourth-order valence-corrected chi connectivity index (χ4v) is 3.56. The van der Waals surface area contributed by atoms with Gasteiger partial charge in [0.2, 0.25) is 15.9 Å². The van der Waals surface area contributed by atoms with Crippen LogP contribution < -0.4 is 10.6 Å². The number of aliphatic imine (C=N–C) groups is 1. The zero-order valence-corrected chi connectivity index (χ0v) is 18.2. The van der Waals surface area contributed by atoms with Crippen molar-refractivity contribution in [2.45, 2.75) is 38.8 Å². The van der Waals surface area contributed by atoms with Crippen molar-refractivity contribution in [2.24, 2.45) is 4.99 Å². The second-order valence-electron chi connectivity index (χ2n) is 6.30. The maximum Gasteiger partial charge on any atom is 0.243 e. The number of carbonyl (C=O) groups excluding carboxylic acids is 1. The van der Waals surface area contributed by atoms with E-state index in [0.717, 1.165) is 12.8 Å². The summed E-state index contributed by atoms with van der Waals surface area (Å²) in [5.74, 6) is 0.434. The van der Waals surface area contributed by atoms with E-state index in [4.69, 9.17) is 0 Å². The Kier molecular flexibility index (Phi) is 10.1. The molecule has 1 atom stereocenters. The topological polar surface area (TPSA) is 94.1 Å². The molecule has 0 aromatic heterocycles. The van der Waals surface area contributed by atoms with Gasteiger partial charge in [-0.25, -0.2) is 13.4 Å². The van der Waals surface area contributed by atoms with Gasteiger partial charge in [0, 0.05) is 39.3 Å². The molecule has 8 nitrogen and oxygen atoms in total. The molecule has 1 saturated heterocycles. The Morgan fingerprint density at radius 2 is 2.00 bits per heavy atom. The minimum Gasteiger partial charge on any atom is -0.355 e. The number of sulfonamides is 1. The maximum absolute atomic E-state index is 11.8. The number of nitrogens with one attached hydrogen (secondary N) is 2. The lowest BCUT2D eigenvalue weighted by Gasteiger charge is -2.24. The monoisotopic (exact) mass is 475 g/mol. The third-order valence-corrected chi connectivity index (χ3v) is 4.88. The lowest BCUT2D eigenvalue weighted by Crippen LogP contribution is -2.48. The SMILES string of the molecule is CC(C)NC(=NCC(=O)N(C)C)NC[C@H]1CCCN1S(C)(=O)=O.I. The Labute approximate surface area is 162 Å². The molecular weight excluding hydrogens is 445 g/mol. The van der Waals surface area contributed by atoms with Crippen molar-refractivity contribution in [1.29, 1.82) is 0 Å². The van der Waals surface area contributed by atoms with Gasteiger partial charge in [0.1, 0.15) is 6.54 Å². The Morgan fingerprint density at radius 3 is 2.50 bits per heavy atom. The maximum atomic E-state index is 11.8. The first-order valence-corrected chi connectivity index (χ1v) is 9.68. The molecule has 10 heteroatoms. The summed E-state index contributed by atoms with van der Waals surface area (Å²) in [5, 5.41) is 6.30. The Bertz CT molecular complexity index is 537. The molecule has 0 bridgehead atoms. The van der Waals surface area contributed by atoms with Crippen LogP contribution in [0.3, 0.4) is 0 Å². The van der Waals surface area contributed by atoms with Gasteiger partial charge in [-0.3, -0.25) is 4.79 Å². The Morgan fingerprint density at radius 1 is 1.38 bits per heavy atom. The van der Waals surface area contributed by atoms with Crippen LogP contribution in [0.4, 0.5) is 0 Å². The molecule has 0 radical (unpaired) electrons. The summed E-state index contributed by atoms with van der Waals surface area (Å²) in [5.41, 5.74) is 0. The highest BCUT2D eigenvalue weighted by Gasteiger charge is 2.31. The normalized spacial score (nSPS) is 19.1. The van der Waals surface area contributed by atoms with Crippen molar-refractivity contribution in [3.05, 3.63) is 0 Å². The number of hydrogen-bond donors (Lipinski definition) is 2. The molecule has 0 unspecified atom stereocenters. The van der Waals surface area contributed by atoms with Gasteiger partial charge < -0.3 is 15.5 Å². The first-order chi connectivity index (χ1) is 10.6. The first-order valence-electron chi connectivity index (χ1n) is 7.83. The second-order valence-corrected chi connectivity index (χ2v) is 8.24. The summed E-state index contributed by atoms with van der Waals surface area (Å²) >= 11 is 0. The number of likely N-dealkylation sites (N-methyl/N-ethyl adjacent to an activating group) is 1. The molecule has 24 heavy (non-hydrogen) atoms. The third-order valence-electron chi connectivity index (χ3n) is 3.55. The second kappa shape index (κ2) is 10.4.